The number of benzene rings is 2. The predicted molar refractivity (Wildman–Crippen MR) is 79.8 cm³/mol. The van der Waals surface area contributed by atoms with Crippen molar-refractivity contribution in [2.75, 3.05) is 0 Å². The second-order valence-corrected chi connectivity index (χ2v) is 4.87. The van der Waals surface area contributed by atoms with Crippen molar-refractivity contribution in [2.45, 2.75) is 13.5 Å². The lowest BCUT2D eigenvalue weighted by Crippen LogP contribution is -1.99. The molecule has 0 radical (unpaired) electrons. The topological polar surface area (TPSA) is 38.9 Å². The van der Waals surface area contributed by atoms with Crippen molar-refractivity contribution in [3.05, 3.63) is 65.6 Å². The molecule has 2 N–H and O–H groups in total. The lowest BCUT2D eigenvalue weighted by Gasteiger charge is -2.07. The van der Waals surface area contributed by atoms with Gasteiger partial charge in [0.25, 0.3) is 0 Å². The maximum atomic E-state index is 13.5. The number of nitrogens with zero attached hydrogens (tertiary/aromatic N) is 1. The molecule has 100 valence electrons. The van der Waals surface area contributed by atoms with Crippen molar-refractivity contribution >= 4 is 10.9 Å². The summed E-state index contributed by atoms with van der Waals surface area (Å²) in [5.74, 6) is -0.255. The second kappa shape index (κ2) is 5.02. The second-order valence-electron chi connectivity index (χ2n) is 4.87. The van der Waals surface area contributed by atoms with Gasteiger partial charge in [0.1, 0.15) is 5.82 Å². The van der Waals surface area contributed by atoms with E-state index in [1.165, 1.54) is 6.07 Å². The number of hydrogen-bond donors (Lipinski definition) is 1. The Hall–Kier alpha value is -2.26. The minimum Gasteiger partial charge on any atom is -0.326 e. The van der Waals surface area contributed by atoms with Crippen LogP contribution in [-0.2, 0) is 6.54 Å². The van der Waals surface area contributed by atoms with E-state index >= 15 is 0 Å². The predicted octanol–water partition coefficient (Wildman–Crippen LogP) is 3.81. The van der Waals surface area contributed by atoms with Crippen LogP contribution in [0.1, 0.15) is 11.3 Å². The lowest BCUT2D eigenvalue weighted by atomic mass is 10.0. The van der Waals surface area contributed by atoms with E-state index in [4.69, 9.17) is 5.73 Å². The van der Waals surface area contributed by atoms with Crippen molar-refractivity contribution in [2.24, 2.45) is 5.73 Å². The standard InChI is InChI=1S/C17H15FN2/c1-11-2-3-14-8-13(5-7-17(14)20-11)12-4-6-16(18)15(9-12)10-19/h2-9H,10,19H2,1H3. The molecule has 0 saturated carbocycles. The van der Waals surface area contributed by atoms with Gasteiger partial charge in [-0.1, -0.05) is 18.2 Å². The minimum absolute atomic E-state index is 0.202. The molecular formula is C17H15FN2. The molecule has 2 nitrogen and oxygen atoms in total. The van der Waals surface area contributed by atoms with Gasteiger partial charge in [0, 0.05) is 23.2 Å². The zero-order valence-corrected chi connectivity index (χ0v) is 11.2. The molecule has 3 aromatic rings. The summed E-state index contributed by atoms with van der Waals surface area (Å²) >= 11 is 0. The molecule has 0 aliphatic rings. The number of hydrogen-bond acceptors (Lipinski definition) is 2. The van der Waals surface area contributed by atoms with Gasteiger partial charge in [-0.05, 0) is 48.4 Å². The van der Waals surface area contributed by atoms with Crippen molar-refractivity contribution < 1.29 is 4.39 Å². The highest BCUT2D eigenvalue weighted by Crippen LogP contribution is 2.25. The molecule has 3 heteroatoms. The molecule has 1 heterocycles. The molecule has 0 unspecified atom stereocenters. The van der Waals surface area contributed by atoms with E-state index in [1.807, 2.05) is 25.1 Å². The van der Waals surface area contributed by atoms with Gasteiger partial charge < -0.3 is 5.73 Å². The molecule has 0 aliphatic carbocycles. The molecular weight excluding hydrogens is 251 g/mol. The Morgan fingerprint density at radius 3 is 2.55 bits per heavy atom. The average Bonchev–Trinajstić information content (AvgIpc) is 2.47. The molecule has 0 saturated heterocycles. The summed E-state index contributed by atoms with van der Waals surface area (Å²) in [6, 6.07) is 15.1. The zero-order valence-electron chi connectivity index (χ0n) is 11.2. The third-order valence-corrected chi connectivity index (χ3v) is 3.43. The highest BCUT2D eigenvalue weighted by atomic mass is 19.1. The van der Waals surface area contributed by atoms with Crippen molar-refractivity contribution in [1.82, 2.24) is 4.98 Å². The van der Waals surface area contributed by atoms with E-state index in [0.717, 1.165) is 27.7 Å². The van der Waals surface area contributed by atoms with Crippen LogP contribution in [0.15, 0.2) is 48.5 Å². The first-order valence-electron chi connectivity index (χ1n) is 6.53. The van der Waals surface area contributed by atoms with E-state index in [0.29, 0.717) is 5.56 Å². The lowest BCUT2D eigenvalue weighted by molar-refractivity contribution is 0.611. The molecule has 0 aliphatic heterocycles. The molecule has 0 atom stereocenters. The molecule has 1 aromatic heterocycles. The van der Waals surface area contributed by atoms with Gasteiger partial charge >= 0.3 is 0 Å². The Balaban J connectivity index is 2.12. The monoisotopic (exact) mass is 266 g/mol. The van der Waals surface area contributed by atoms with Crippen LogP contribution >= 0.6 is 0 Å². The fourth-order valence-electron chi connectivity index (χ4n) is 2.32. The van der Waals surface area contributed by atoms with Gasteiger partial charge in [0.2, 0.25) is 0 Å². The minimum atomic E-state index is -0.255. The van der Waals surface area contributed by atoms with Gasteiger partial charge in [-0.3, -0.25) is 4.98 Å². The summed E-state index contributed by atoms with van der Waals surface area (Å²) in [6.07, 6.45) is 0. The Bertz CT molecular complexity index is 781. The molecule has 0 fully saturated rings. The maximum absolute atomic E-state index is 13.5. The van der Waals surface area contributed by atoms with Gasteiger partial charge in [-0.2, -0.15) is 0 Å². The summed E-state index contributed by atoms with van der Waals surface area (Å²) in [5, 5.41) is 1.08. The molecule has 0 bridgehead atoms. The quantitative estimate of drug-likeness (QED) is 0.766. The first-order valence-corrected chi connectivity index (χ1v) is 6.53. The van der Waals surface area contributed by atoms with E-state index < -0.39 is 0 Å². The van der Waals surface area contributed by atoms with Gasteiger partial charge in [0.15, 0.2) is 0 Å². The first kappa shape index (κ1) is 12.8. The number of pyridine rings is 1. The number of fused-ring (bicyclic) bond motifs is 1. The van der Waals surface area contributed by atoms with Crippen LogP contribution in [0.3, 0.4) is 0 Å². The number of aryl methyl sites for hydroxylation is 1. The third kappa shape index (κ3) is 2.28. The summed E-state index contributed by atoms with van der Waals surface area (Å²) in [6.45, 7) is 2.18. The van der Waals surface area contributed by atoms with Crippen molar-refractivity contribution in [1.29, 1.82) is 0 Å². The van der Waals surface area contributed by atoms with Crippen LogP contribution in [0.25, 0.3) is 22.0 Å². The Morgan fingerprint density at radius 2 is 1.75 bits per heavy atom. The van der Waals surface area contributed by atoms with Crippen LogP contribution in [0.5, 0.6) is 0 Å². The van der Waals surface area contributed by atoms with Crippen molar-refractivity contribution in [3.8, 4) is 11.1 Å². The normalized spacial score (nSPS) is 10.9. The van der Waals surface area contributed by atoms with Crippen molar-refractivity contribution in [3.63, 3.8) is 0 Å². The maximum Gasteiger partial charge on any atom is 0.127 e. The Labute approximate surface area is 117 Å². The number of halogens is 1. The highest BCUT2D eigenvalue weighted by molar-refractivity contribution is 5.84. The fourth-order valence-corrected chi connectivity index (χ4v) is 2.32. The van der Waals surface area contributed by atoms with Crippen LogP contribution in [-0.4, -0.2) is 4.98 Å². The summed E-state index contributed by atoms with van der Waals surface area (Å²) in [7, 11) is 0. The molecule has 0 amide bonds. The number of nitrogens with two attached hydrogens (primary N) is 1. The SMILES string of the molecule is Cc1ccc2cc(-c3ccc(F)c(CN)c3)ccc2n1. The summed E-state index contributed by atoms with van der Waals surface area (Å²) in [5.41, 5.74) is 10.1. The molecule has 3 rings (SSSR count). The van der Waals surface area contributed by atoms with Gasteiger partial charge in [-0.15, -0.1) is 0 Å². The van der Waals surface area contributed by atoms with E-state index in [-0.39, 0.29) is 12.4 Å². The summed E-state index contributed by atoms with van der Waals surface area (Å²) in [4.78, 5) is 4.48. The molecule has 20 heavy (non-hydrogen) atoms. The van der Waals surface area contributed by atoms with Crippen LogP contribution in [0.4, 0.5) is 4.39 Å². The zero-order chi connectivity index (χ0) is 14.1. The smallest absolute Gasteiger partial charge is 0.127 e. The largest absolute Gasteiger partial charge is 0.326 e. The molecule has 0 spiro atoms. The fraction of sp³-hybridized carbons (Fsp3) is 0.118. The van der Waals surface area contributed by atoms with Crippen LogP contribution in [0, 0.1) is 12.7 Å². The van der Waals surface area contributed by atoms with Gasteiger partial charge in [0.05, 0.1) is 5.52 Å². The molecule has 2 aromatic carbocycles. The van der Waals surface area contributed by atoms with E-state index in [9.17, 15) is 4.39 Å². The first-order chi connectivity index (χ1) is 9.67. The van der Waals surface area contributed by atoms with E-state index in [2.05, 4.69) is 17.1 Å². The Kier molecular flexibility index (Phi) is 3.20. The number of rotatable bonds is 2. The van der Waals surface area contributed by atoms with Crippen LogP contribution < -0.4 is 5.73 Å². The van der Waals surface area contributed by atoms with E-state index in [1.54, 1.807) is 12.1 Å². The highest BCUT2D eigenvalue weighted by Gasteiger charge is 2.05. The average molecular weight is 266 g/mol. The third-order valence-electron chi connectivity index (χ3n) is 3.43. The van der Waals surface area contributed by atoms with Crippen LogP contribution in [0.2, 0.25) is 0 Å². The number of aromatic nitrogens is 1. The Morgan fingerprint density at radius 1 is 1.00 bits per heavy atom. The summed E-state index contributed by atoms with van der Waals surface area (Å²) < 4.78 is 13.5. The van der Waals surface area contributed by atoms with Gasteiger partial charge in [-0.25, -0.2) is 4.39 Å².